The molecule has 0 saturated carbocycles. The number of carbonyl (C=O) groups excluding carboxylic acids is 4. The molecule has 50 heavy (non-hydrogen) atoms. The largest absolute Gasteiger partial charge is 0.459 e. The van der Waals surface area contributed by atoms with Crippen molar-refractivity contribution in [3.05, 3.63) is 131 Å². The Morgan fingerprint density at radius 3 is 1.78 bits per heavy atom. The molecule has 260 valence electrons. The summed E-state index contributed by atoms with van der Waals surface area (Å²) in [6, 6.07) is 31.5. The molecule has 0 spiro atoms. The molecule has 0 saturated heterocycles. The van der Waals surface area contributed by atoms with E-state index in [-0.39, 0.29) is 25.6 Å². The molecule has 0 unspecified atom stereocenters. The van der Waals surface area contributed by atoms with E-state index in [1.54, 1.807) is 45.0 Å². The molecular weight excluding hydrogens is 636 g/mol. The van der Waals surface area contributed by atoms with Crippen molar-refractivity contribution in [3.63, 3.8) is 0 Å². The molecular formula is C40H42N2O8. The quantitative estimate of drug-likeness (QED) is 0.125. The first kappa shape index (κ1) is 35.7. The van der Waals surface area contributed by atoms with E-state index in [4.69, 9.17) is 18.9 Å². The summed E-state index contributed by atoms with van der Waals surface area (Å²) in [5, 5.41) is 5.15. The van der Waals surface area contributed by atoms with Crippen molar-refractivity contribution in [3.8, 4) is 11.1 Å². The van der Waals surface area contributed by atoms with Gasteiger partial charge >= 0.3 is 24.1 Å². The van der Waals surface area contributed by atoms with Gasteiger partial charge in [0.15, 0.2) is 6.04 Å². The Morgan fingerprint density at radius 2 is 1.20 bits per heavy atom. The Morgan fingerprint density at radius 1 is 0.660 bits per heavy atom. The van der Waals surface area contributed by atoms with Crippen molar-refractivity contribution in [1.29, 1.82) is 0 Å². The molecule has 0 aliphatic heterocycles. The maximum atomic E-state index is 13.7. The van der Waals surface area contributed by atoms with Crippen LogP contribution in [0.4, 0.5) is 9.59 Å². The fourth-order valence-electron chi connectivity index (χ4n) is 5.78. The number of nitrogens with one attached hydrogen (secondary N) is 2. The van der Waals surface area contributed by atoms with E-state index >= 15 is 0 Å². The number of hydrogen-bond acceptors (Lipinski definition) is 8. The zero-order valence-electron chi connectivity index (χ0n) is 28.6. The number of benzene rings is 4. The SMILES string of the molecule is C[C@@H](OC(=O)[C@H](Cc1ccccc1)NC(=O)OCC1c2ccccc2-c2ccccc21)[C@H](NC(=O)OC(C)(C)C)C(=O)OCc1ccccc1. The lowest BCUT2D eigenvalue weighted by Crippen LogP contribution is -2.53. The summed E-state index contributed by atoms with van der Waals surface area (Å²) in [6.07, 6.45) is -2.82. The standard InChI is InChI=1S/C40H42N2O8/c1-26(35(42-39(46)50-40(2,3)4)37(44)47-24-28-17-9-6-10-18-28)49-36(43)34(23-27-15-7-5-8-16-27)41-38(45)48-25-33-31-21-13-11-19-29(31)30-20-12-14-22-32(30)33/h5-22,26,33-35H,23-25H2,1-4H3,(H,41,45)(H,42,46)/t26-,34+,35+/m1/s1. The fraction of sp³-hybridized carbons (Fsp3) is 0.300. The van der Waals surface area contributed by atoms with Crippen molar-refractivity contribution >= 4 is 24.1 Å². The van der Waals surface area contributed by atoms with Gasteiger partial charge in [-0.3, -0.25) is 0 Å². The lowest BCUT2D eigenvalue weighted by molar-refractivity contribution is -0.159. The molecule has 0 fully saturated rings. The third-order valence-corrected chi connectivity index (χ3v) is 8.12. The van der Waals surface area contributed by atoms with Crippen LogP contribution in [0.1, 0.15) is 55.9 Å². The molecule has 0 radical (unpaired) electrons. The minimum atomic E-state index is -1.41. The van der Waals surface area contributed by atoms with Gasteiger partial charge in [-0.15, -0.1) is 0 Å². The van der Waals surface area contributed by atoms with Gasteiger partial charge in [0.05, 0.1) is 0 Å². The van der Waals surface area contributed by atoms with Crippen LogP contribution < -0.4 is 10.6 Å². The molecule has 2 amide bonds. The molecule has 0 heterocycles. The number of hydrogen-bond donors (Lipinski definition) is 2. The van der Waals surface area contributed by atoms with Gasteiger partial charge in [0, 0.05) is 12.3 Å². The summed E-state index contributed by atoms with van der Waals surface area (Å²) in [5.74, 6) is -1.83. The van der Waals surface area contributed by atoms with Gasteiger partial charge < -0.3 is 29.6 Å². The van der Waals surface area contributed by atoms with Gasteiger partial charge in [-0.05, 0) is 61.1 Å². The Kier molecular flexibility index (Phi) is 11.5. The van der Waals surface area contributed by atoms with Gasteiger partial charge in [0.1, 0.15) is 31.0 Å². The smallest absolute Gasteiger partial charge is 0.408 e. The third kappa shape index (κ3) is 9.49. The van der Waals surface area contributed by atoms with Crippen molar-refractivity contribution < 1.29 is 38.1 Å². The van der Waals surface area contributed by atoms with Crippen molar-refractivity contribution in [1.82, 2.24) is 10.6 Å². The first-order valence-corrected chi connectivity index (χ1v) is 16.5. The van der Waals surface area contributed by atoms with Crippen LogP contribution >= 0.6 is 0 Å². The first-order valence-electron chi connectivity index (χ1n) is 16.5. The van der Waals surface area contributed by atoms with Crippen LogP contribution in [0.25, 0.3) is 11.1 Å². The molecule has 10 heteroatoms. The maximum absolute atomic E-state index is 13.7. The van der Waals surface area contributed by atoms with E-state index in [2.05, 4.69) is 10.6 Å². The van der Waals surface area contributed by atoms with E-state index in [1.807, 2.05) is 84.9 Å². The lowest BCUT2D eigenvalue weighted by Gasteiger charge is -2.27. The predicted octanol–water partition coefficient (Wildman–Crippen LogP) is 6.70. The second kappa shape index (κ2) is 16.2. The van der Waals surface area contributed by atoms with E-state index in [0.29, 0.717) is 0 Å². The predicted molar refractivity (Wildman–Crippen MR) is 187 cm³/mol. The average molecular weight is 679 g/mol. The maximum Gasteiger partial charge on any atom is 0.408 e. The summed E-state index contributed by atoms with van der Waals surface area (Å²) in [7, 11) is 0. The highest BCUT2D eigenvalue weighted by Gasteiger charge is 2.35. The highest BCUT2D eigenvalue weighted by atomic mass is 16.6. The highest BCUT2D eigenvalue weighted by Crippen LogP contribution is 2.44. The second-order valence-corrected chi connectivity index (χ2v) is 13.1. The van der Waals surface area contributed by atoms with Gasteiger partial charge in [0.2, 0.25) is 0 Å². The topological polar surface area (TPSA) is 129 Å². The zero-order chi connectivity index (χ0) is 35.7. The molecule has 1 aliphatic carbocycles. The molecule has 10 nitrogen and oxygen atoms in total. The number of ether oxygens (including phenoxy) is 4. The number of alkyl carbamates (subject to hydrolysis) is 2. The van der Waals surface area contributed by atoms with Crippen LogP contribution in [0.2, 0.25) is 0 Å². The summed E-state index contributed by atoms with van der Waals surface area (Å²) >= 11 is 0. The number of amides is 2. The average Bonchev–Trinajstić information content (AvgIpc) is 3.42. The van der Waals surface area contributed by atoms with Crippen LogP contribution in [0.15, 0.2) is 109 Å². The van der Waals surface area contributed by atoms with E-state index in [1.165, 1.54) is 6.92 Å². The lowest BCUT2D eigenvalue weighted by atomic mass is 9.98. The molecule has 0 bridgehead atoms. The molecule has 2 N–H and O–H groups in total. The van der Waals surface area contributed by atoms with Gasteiger partial charge in [0.25, 0.3) is 0 Å². The first-order chi connectivity index (χ1) is 24.0. The van der Waals surface area contributed by atoms with Gasteiger partial charge in [-0.1, -0.05) is 109 Å². The molecule has 1 aliphatic rings. The monoisotopic (exact) mass is 678 g/mol. The highest BCUT2D eigenvalue weighted by molar-refractivity contribution is 5.85. The summed E-state index contributed by atoms with van der Waals surface area (Å²) in [5.41, 5.74) is 4.93. The Balaban J connectivity index is 1.28. The molecule has 0 aromatic heterocycles. The summed E-state index contributed by atoms with van der Waals surface area (Å²) in [4.78, 5) is 53.0. The van der Waals surface area contributed by atoms with E-state index in [9.17, 15) is 19.2 Å². The van der Waals surface area contributed by atoms with Crippen molar-refractivity contribution in [2.45, 2.75) is 70.4 Å². The number of rotatable bonds is 12. The van der Waals surface area contributed by atoms with Gasteiger partial charge in [-0.25, -0.2) is 19.2 Å². The summed E-state index contributed by atoms with van der Waals surface area (Å²) < 4.78 is 22.3. The Hall–Kier alpha value is -5.64. The van der Waals surface area contributed by atoms with Crippen LogP contribution in [0.3, 0.4) is 0 Å². The van der Waals surface area contributed by atoms with Crippen molar-refractivity contribution in [2.75, 3.05) is 6.61 Å². The zero-order valence-corrected chi connectivity index (χ0v) is 28.6. The number of carbonyl (C=O) groups is 4. The molecule has 5 rings (SSSR count). The van der Waals surface area contributed by atoms with Crippen LogP contribution in [0.5, 0.6) is 0 Å². The second-order valence-electron chi connectivity index (χ2n) is 13.1. The fourth-order valence-corrected chi connectivity index (χ4v) is 5.78. The molecule has 3 atom stereocenters. The minimum Gasteiger partial charge on any atom is -0.459 e. The molecule has 4 aromatic carbocycles. The molecule has 4 aromatic rings. The summed E-state index contributed by atoms with van der Waals surface area (Å²) in [6.45, 7) is 6.49. The van der Waals surface area contributed by atoms with Crippen LogP contribution in [-0.4, -0.2) is 54.5 Å². The third-order valence-electron chi connectivity index (χ3n) is 8.12. The Bertz CT molecular complexity index is 1740. The van der Waals surface area contributed by atoms with Crippen molar-refractivity contribution in [2.24, 2.45) is 0 Å². The Labute approximate surface area is 292 Å². The van der Waals surface area contributed by atoms with Crippen LogP contribution in [-0.2, 0) is 41.6 Å². The number of fused-ring (bicyclic) bond motifs is 3. The normalized spacial score (nSPS) is 13.8. The van der Waals surface area contributed by atoms with Gasteiger partial charge in [-0.2, -0.15) is 0 Å². The number of esters is 2. The minimum absolute atomic E-state index is 0.0541. The van der Waals surface area contributed by atoms with Crippen LogP contribution in [0, 0.1) is 0 Å². The van der Waals surface area contributed by atoms with E-state index in [0.717, 1.165) is 33.4 Å². The van der Waals surface area contributed by atoms with E-state index < -0.39 is 47.9 Å².